The van der Waals surface area contributed by atoms with Gasteiger partial charge in [-0.2, -0.15) is 0 Å². The van der Waals surface area contributed by atoms with Gasteiger partial charge < -0.3 is 20.3 Å². The first-order valence-electron chi connectivity index (χ1n) is 6.47. The molecule has 0 amide bonds. The Bertz CT molecular complexity index is 563. The summed E-state index contributed by atoms with van der Waals surface area (Å²) in [4.78, 5) is 0. The summed E-state index contributed by atoms with van der Waals surface area (Å²) in [5.41, 5.74) is 2.46. The fourth-order valence-electron chi connectivity index (χ4n) is 2.22. The normalized spacial score (nSPS) is 12.1. The van der Waals surface area contributed by atoms with Crippen molar-refractivity contribution in [3.63, 3.8) is 0 Å². The zero-order valence-electron chi connectivity index (χ0n) is 11.6. The SMILES string of the molecule is COCc1cccc(NC(C)c2c(O)cccc2O)c1. The van der Waals surface area contributed by atoms with Crippen molar-refractivity contribution in [2.75, 3.05) is 12.4 Å². The number of hydrogen-bond donors (Lipinski definition) is 3. The largest absolute Gasteiger partial charge is 0.507 e. The lowest BCUT2D eigenvalue weighted by Gasteiger charge is -2.18. The monoisotopic (exact) mass is 273 g/mol. The van der Waals surface area contributed by atoms with Crippen molar-refractivity contribution in [3.05, 3.63) is 53.6 Å². The van der Waals surface area contributed by atoms with E-state index in [0.29, 0.717) is 12.2 Å². The first kappa shape index (κ1) is 14.2. The van der Waals surface area contributed by atoms with Crippen LogP contribution in [0.2, 0.25) is 0 Å². The molecule has 4 heteroatoms. The van der Waals surface area contributed by atoms with E-state index < -0.39 is 0 Å². The maximum absolute atomic E-state index is 9.86. The van der Waals surface area contributed by atoms with Gasteiger partial charge in [0.1, 0.15) is 11.5 Å². The highest BCUT2D eigenvalue weighted by atomic mass is 16.5. The van der Waals surface area contributed by atoms with Crippen LogP contribution in [0.5, 0.6) is 11.5 Å². The molecule has 1 unspecified atom stereocenters. The average molecular weight is 273 g/mol. The molecule has 106 valence electrons. The van der Waals surface area contributed by atoms with Gasteiger partial charge in [-0.25, -0.2) is 0 Å². The standard InChI is InChI=1S/C16H19NO3/c1-11(16-14(18)7-4-8-15(16)19)17-13-6-3-5-12(9-13)10-20-2/h3-9,11,17-19H,10H2,1-2H3. The molecule has 0 bridgehead atoms. The van der Waals surface area contributed by atoms with Gasteiger partial charge in [0.05, 0.1) is 18.2 Å². The Morgan fingerprint density at radius 3 is 2.40 bits per heavy atom. The molecule has 2 aromatic carbocycles. The Labute approximate surface area is 118 Å². The Morgan fingerprint density at radius 2 is 1.75 bits per heavy atom. The van der Waals surface area contributed by atoms with Gasteiger partial charge in [-0.05, 0) is 36.8 Å². The summed E-state index contributed by atoms with van der Waals surface area (Å²) in [6, 6.07) is 12.4. The number of nitrogens with one attached hydrogen (secondary N) is 1. The minimum atomic E-state index is -0.214. The lowest BCUT2D eigenvalue weighted by Crippen LogP contribution is -2.07. The molecule has 4 nitrogen and oxygen atoms in total. The third-order valence-electron chi connectivity index (χ3n) is 3.11. The molecule has 1 atom stereocenters. The molecule has 3 N–H and O–H groups in total. The van der Waals surface area contributed by atoms with Gasteiger partial charge in [0.25, 0.3) is 0 Å². The van der Waals surface area contributed by atoms with Crippen molar-refractivity contribution in [2.24, 2.45) is 0 Å². The topological polar surface area (TPSA) is 61.7 Å². The van der Waals surface area contributed by atoms with Crippen molar-refractivity contribution >= 4 is 5.69 Å². The van der Waals surface area contributed by atoms with Crippen LogP contribution in [-0.2, 0) is 11.3 Å². The van der Waals surface area contributed by atoms with Gasteiger partial charge in [-0.15, -0.1) is 0 Å². The molecule has 20 heavy (non-hydrogen) atoms. The van der Waals surface area contributed by atoms with Crippen LogP contribution in [-0.4, -0.2) is 17.3 Å². The Hall–Kier alpha value is -2.20. The summed E-state index contributed by atoms with van der Waals surface area (Å²) in [5.74, 6) is 0.163. The van der Waals surface area contributed by atoms with Crippen LogP contribution in [0.1, 0.15) is 24.1 Å². The number of methoxy groups -OCH3 is 1. The summed E-state index contributed by atoms with van der Waals surface area (Å²) in [7, 11) is 1.66. The summed E-state index contributed by atoms with van der Waals surface area (Å²) >= 11 is 0. The molecule has 2 rings (SSSR count). The zero-order chi connectivity index (χ0) is 14.5. The summed E-state index contributed by atoms with van der Waals surface area (Å²) < 4.78 is 5.10. The van der Waals surface area contributed by atoms with Gasteiger partial charge in [0.2, 0.25) is 0 Å². The van der Waals surface area contributed by atoms with Crippen molar-refractivity contribution < 1.29 is 14.9 Å². The minimum absolute atomic E-state index is 0.0815. The Kier molecular flexibility index (Phi) is 4.48. The molecule has 0 aliphatic heterocycles. The molecular formula is C16H19NO3. The number of phenols is 2. The summed E-state index contributed by atoms with van der Waals surface area (Å²) in [5, 5.41) is 23.0. The summed E-state index contributed by atoms with van der Waals surface area (Å²) in [6.45, 7) is 2.43. The second kappa shape index (κ2) is 6.30. The van der Waals surface area contributed by atoms with E-state index in [1.807, 2.05) is 31.2 Å². The molecule has 0 spiro atoms. The fourth-order valence-corrected chi connectivity index (χ4v) is 2.22. The van der Waals surface area contributed by atoms with Crippen molar-refractivity contribution in [1.29, 1.82) is 0 Å². The van der Waals surface area contributed by atoms with Crippen molar-refractivity contribution in [2.45, 2.75) is 19.6 Å². The van der Waals surface area contributed by atoms with E-state index in [1.165, 1.54) is 0 Å². The van der Waals surface area contributed by atoms with E-state index in [-0.39, 0.29) is 17.5 Å². The molecule has 2 aromatic rings. The van der Waals surface area contributed by atoms with Crippen LogP contribution >= 0.6 is 0 Å². The minimum Gasteiger partial charge on any atom is -0.507 e. The fraction of sp³-hybridized carbons (Fsp3) is 0.250. The quantitative estimate of drug-likeness (QED) is 0.781. The third kappa shape index (κ3) is 3.22. The molecule has 0 aliphatic rings. The molecule has 0 aliphatic carbocycles. The van der Waals surface area contributed by atoms with Crippen LogP contribution in [0.25, 0.3) is 0 Å². The molecule has 0 radical (unpaired) electrons. The average Bonchev–Trinajstić information content (AvgIpc) is 2.39. The predicted molar refractivity (Wildman–Crippen MR) is 79.0 cm³/mol. The summed E-state index contributed by atoms with van der Waals surface area (Å²) in [6.07, 6.45) is 0. The number of hydrogen-bond acceptors (Lipinski definition) is 4. The smallest absolute Gasteiger partial charge is 0.124 e. The van der Waals surface area contributed by atoms with Crippen molar-refractivity contribution in [1.82, 2.24) is 0 Å². The number of aromatic hydroxyl groups is 2. The molecule has 0 saturated carbocycles. The van der Waals surface area contributed by atoms with Gasteiger partial charge in [-0.3, -0.25) is 0 Å². The van der Waals surface area contributed by atoms with E-state index in [1.54, 1.807) is 25.3 Å². The zero-order valence-corrected chi connectivity index (χ0v) is 11.6. The molecule has 0 saturated heterocycles. The van der Waals surface area contributed by atoms with Gasteiger partial charge in [0, 0.05) is 12.8 Å². The first-order valence-corrected chi connectivity index (χ1v) is 6.47. The second-order valence-electron chi connectivity index (χ2n) is 4.71. The second-order valence-corrected chi connectivity index (χ2v) is 4.71. The van der Waals surface area contributed by atoms with E-state index >= 15 is 0 Å². The van der Waals surface area contributed by atoms with E-state index in [0.717, 1.165) is 11.3 Å². The van der Waals surface area contributed by atoms with Crippen LogP contribution in [0.4, 0.5) is 5.69 Å². The van der Waals surface area contributed by atoms with Crippen LogP contribution in [0, 0.1) is 0 Å². The number of rotatable bonds is 5. The third-order valence-corrected chi connectivity index (χ3v) is 3.11. The highest BCUT2D eigenvalue weighted by Gasteiger charge is 2.14. The van der Waals surface area contributed by atoms with Crippen LogP contribution in [0.15, 0.2) is 42.5 Å². The number of benzene rings is 2. The maximum Gasteiger partial charge on any atom is 0.124 e. The van der Waals surface area contributed by atoms with Gasteiger partial charge in [0.15, 0.2) is 0 Å². The van der Waals surface area contributed by atoms with Crippen LogP contribution < -0.4 is 5.32 Å². The molecule has 0 fully saturated rings. The Morgan fingerprint density at radius 1 is 1.10 bits per heavy atom. The predicted octanol–water partition coefficient (Wildman–Crippen LogP) is 3.42. The van der Waals surface area contributed by atoms with Crippen LogP contribution in [0.3, 0.4) is 0 Å². The number of anilines is 1. The highest BCUT2D eigenvalue weighted by molar-refractivity contribution is 5.52. The molecular weight excluding hydrogens is 254 g/mol. The van der Waals surface area contributed by atoms with Gasteiger partial charge >= 0.3 is 0 Å². The van der Waals surface area contributed by atoms with E-state index in [9.17, 15) is 10.2 Å². The molecule has 0 heterocycles. The highest BCUT2D eigenvalue weighted by Crippen LogP contribution is 2.34. The maximum atomic E-state index is 9.86. The lowest BCUT2D eigenvalue weighted by molar-refractivity contribution is 0.185. The number of ether oxygens (including phenoxy) is 1. The van der Waals surface area contributed by atoms with E-state index in [2.05, 4.69) is 5.32 Å². The molecule has 0 aromatic heterocycles. The first-order chi connectivity index (χ1) is 9.61. The Balaban J connectivity index is 2.19. The van der Waals surface area contributed by atoms with Gasteiger partial charge in [-0.1, -0.05) is 18.2 Å². The van der Waals surface area contributed by atoms with Crippen molar-refractivity contribution in [3.8, 4) is 11.5 Å². The lowest BCUT2D eigenvalue weighted by atomic mass is 10.1. The number of phenolic OH excluding ortho intramolecular Hbond substituents is 2. The van der Waals surface area contributed by atoms with E-state index in [4.69, 9.17) is 4.74 Å².